The summed E-state index contributed by atoms with van der Waals surface area (Å²) in [7, 11) is 0. The minimum Gasteiger partial charge on any atom is -0.314 e. The van der Waals surface area contributed by atoms with Crippen LogP contribution in [0.3, 0.4) is 0 Å². The van der Waals surface area contributed by atoms with Gasteiger partial charge >= 0.3 is 0 Å². The number of nitrogens with zero attached hydrogens (tertiary/aromatic N) is 2. The highest BCUT2D eigenvalue weighted by atomic mass is 19.2. The zero-order chi connectivity index (χ0) is 14.1. The van der Waals surface area contributed by atoms with Crippen LogP contribution in [0.2, 0.25) is 0 Å². The van der Waals surface area contributed by atoms with Crippen molar-refractivity contribution in [3.63, 3.8) is 0 Å². The predicted octanol–water partition coefficient (Wildman–Crippen LogP) is 1.19. The molecule has 0 unspecified atom stereocenters. The number of benzene rings is 1. The highest BCUT2D eigenvalue weighted by molar-refractivity contribution is 5.20. The molecule has 2 heterocycles. The first-order valence-corrected chi connectivity index (χ1v) is 6.94. The van der Waals surface area contributed by atoms with Gasteiger partial charge in [0, 0.05) is 63.5 Å². The van der Waals surface area contributed by atoms with Crippen LogP contribution in [0.4, 0.5) is 13.2 Å². The fourth-order valence-electron chi connectivity index (χ4n) is 2.74. The molecular formula is C14H18F3N3. The lowest BCUT2D eigenvalue weighted by Gasteiger charge is -2.43. The SMILES string of the molecule is Fc1cc(F)c(CN2CCN(C3CNC3)CC2)cc1F. The number of piperazine rings is 1. The Morgan fingerprint density at radius 2 is 1.60 bits per heavy atom. The molecule has 2 aliphatic rings. The smallest absolute Gasteiger partial charge is 0.161 e. The zero-order valence-corrected chi connectivity index (χ0v) is 11.2. The standard InChI is InChI=1S/C14H18F3N3/c15-12-6-14(17)13(16)5-10(12)9-19-1-3-20(4-2-19)11-7-18-8-11/h5-6,11,18H,1-4,7-9H2. The topological polar surface area (TPSA) is 18.5 Å². The van der Waals surface area contributed by atoms with E-state index in [1.54, 1.807) is 0 Å². The molecular weight excluding hydrogens is 267 g/mol. The third-order valence-electron chi connectivity index (χ3n) is 4.17. The Hall–Kier alpha value is -1.11. The summed E-state index contributed by atoms with van der Waals surface area (Å²) < 4.78 is 39.6. The van der Waals surface area contributed by atoms with Gasteiger partial charge in [-0.1, -0.05) is 0 Å². The van der Waals surface area contributed by atoms with Crippen molar-refractivity contribution in [3.05, 3.63) is 35.1 Å². The summed E-state index contributed by atoms with van der Waals surface area (Å²) >= 11 is 0. The molecule has 1 aromatic rings. The molecule has 0 aliphatic carbocycles. The molecule has 0 aromatic heterocycles. The number of rotatable bonds is 3. The molecule has 0 bridgehead atoms. The van der Waals surface area contributed by atoms with Crippen molar-refractivity contribution in [2.24, 2.45) is 0 Å². The van der Waals surface area contributed by atoms with Crippen molar-refractivity contribution in [3.8, 4) is 0 Å². The fraction of sp³-hybridized carbons (Fsp3) is 0.571. The molecule has 0 saturated carbocycles. The van der Waals surface area contributed by atoms with E-state index in [1.807, 2.05) is 0 Å². The number of hydrogen-bond donors (Lipinski definition) is 1. The summed E-state index contributed by atoms with van der Waals surface area (Å²) in [6.07, 6.45) is 0. The van der Waals surface area contributed by atoms with Gasteiger partial charge in [0.1, 0.15) is 5.82 Å². The van der Waals surface area contributed by atoms with Gasteiger partial charge in [0.15, 0.2) is 11.6 Å². The van der Waals surface area contributed by atoms with Gasteiger partial charge in [0.2, 0.25) is 0 Å². The molecule has 1 N–H and O–H groups in total. The largest absolute Gasteiger partial charge is 0.314 e. The first-order chi connectivity index (χ1) is 9.63. The van der Waals surface area contributed by atoms with Gasteiger partial charge in [-0.2, -0.15) is 0 Å². The average molecular weight is 285 g/mol. The monoisotopic (exact) mass is 285 g/mol. The Labute approximate surface area is 116 Å². The summed E-state index contributed by atoms with van der Waals surface area (Å²) in [6, 6.07) is 2.21. The highest BCUT2D eigenvalue weighted by Gasteiger charge is 2.27. The molecule has 2 fully saturated rings. The Morgan fingerprint density at radius 3 is 2.20 bits per heavy atom. The van der Waals surface area contributed by atoms with Gasteiger partial charge in [-0.15, -0.1) is 0 Å². The van der Waals surface area contributed by atoms with Crippen molar-refractivity contribution < 1.29 is 13.2 Å². The molecule has 0 spiro atoms. The Morgan fingerprint density at radius 1 is 0.950 bits per heavy atom. The normalized spacial score (nSPS) is 21.9. The Balaban J connectivity index is 1.58. The van der Waals surface area contributed by atoms with Crippen molar-refractivity contribution in [1.29, 1.82) is 0 Å². The Bertz CT molecular complexity index is 483. The van der Waals surface area contributed by atoms with Crippen molar-refractivity contribution in [2.45, 2.75) is 12.6 Å². The lowest BCUT2D eigenvalue weighted by atomic mass is 10.1. The van der Waals surface area contributed by atoms with Crippen molar-refractivity contribution in [1.82, 2.24) is 15.1 Å². The van der Waals surface area contributed by atoms with E-state index in [-0.39, 0.29) is 5.56 Å². The van der Waals surface area contributed by atoms with E-state index < -0.39 is 17.5 Å². The second-order valence-electron chi connectivity index (χ2n) is 5.48. The van der Waals surface area contributed by atoms with Crippen LogP contribution in [0.5, 0.6) is 0 Å². The predicted molar refractivity (Wildman–Crippen MR) is 69.8 cm³/mol. The van der Waals surface area contributed by atoms with E-state index in [2.05, 4.69) is 15.1 Å². The summed E-state index contributed by atoms with van der Waals surface area (Å²) in [5.74, 6) is -2.79. The molecule has 20 heavy (non-hydrogen) atoms. The van der Waals surface area contributed by atoms with Crippen LogP contribution in [0.25, 0.3) is 0 Å². The van der Waals surface area contributed by atoms with E-state index in [0.717, 1.165) is 45.3 Å². The van der Waals surface area contributed by atoms with Gasteiger partial charge in [-0.05, 0) is 6.07 Å². The lowest BCUT2D eigenvalue weighted by molar-refractivity contribution is 0.0690. The minimum atomic E-state index is -1.13. The zero-order valence-electron chi connectivity index (χ0n) is 11.2. The molecule has 6 heteroatoms. The molecule has 2 saturated heterocycles. The molecule has 3 nitrogen and oxygen atoms in total. The first-order valence-electron chi connectivity index (χ1n) is 6.94. The average Bonchev–Trinajstić information content (AvgIpc) is 2.36. The van der Waals surface area contributed by atoms with E-state index in [9.17, 15) is 13.2 Å². The van der Waals surface area contributed by atoms with E-state index in [4.69, 9.17) is 0 Å². The van der Waals surface area contributed by atoms with Crippen LogP contribution < -0.4 is 5.32 Å². The Kier molecular flexibility index (Phi) is 3.96. The van der Waals surface area contributed by atoms with Crippen LogP contribution >= 0.6 is 0 Å². The molecule has 2 aliphatic heterocycles. The quantitative estimate of drug-likeness (QED) is 0.842. The van der Waals surface area contributed by atoms with Crippen molar-refractivity contribution in [2.75, 3.05) is 39.3 Å². The second kappa shape index (κ2) is 5.71. The molecule has 0 radical (unpaired) electrons. The number of hydrogen-bond acceptors (Lipinski definition) is 3. The third kappa shape index (κ3) is 2.82. The van der Waals surface area contributed by atoms with Crippen molar-refractivity contribution >= 4 is 0 Å². The summed E-state index contributed by atoms with van der Waals surface area (Å²) in [5, 5.41) is 3.25. The minimum absolute atomic E-state index is 0.225. The summed E-state index contributed by atoms with van der Waals surface area (Å²) in [5.41, 5.74) is 0.225. The maximum atomic E-state index is 13.6. The molecule has 0 amide bonds. The van der Waals surface area contributed by atoms with Gasteiger partial charge in [-0.3, -0.25) is 9.80 Å². The second-order valence-corrected chi connectivity index (χ2v) is 5.48. The third-order valence-corrected chi connectivity index (χ3v) is 4.17. The van der Waals surface area contributed by atoms with Gasteiger partial charge < -0.3 is 5.32 Å². The molecule has 3 rings (SSSR count). The van der Waals surface area contributed by atoms with Crippen LogP contribution in [-0.4, -0.2) is 55.1 Å². The van der Waals surface area contributed by atoms with Crippen LogP contribution in [0, 0.1) is 17.5 Å². The van der Waals surface area contributed by atoms with Crippen LogP contribution in [0.15, 0.2) is 12.1 Å². The van der Waals surface area contributed by atoms with Gasteiger partial charge in [0.25, 0.3) is 0 Å². The lowest BCUT2D eigenvalue weighted by Crippen LogP contribution is -2.61. The molecule has 1 aromatic carbocycles. The number of nitrogens with one attached hydrogen (secondary N) is 1. The first kappa shape index (κ1) is 13.9. The maximum absolute atomic E-state index is 13.6. The van der Waals surface area contributed by atoms with Crippen LogP contribution in [0.1, 0.15) is 5.56 Å². The fourth-order valence-corrected chi connectivity index (χ4v) is 2.74. The summed E-state index contributed by atoms with van der Waals surface area (Å²) in [4.78, 5) is 4.51. The van der Waals surface area contributed by atoms with E-state index in [1.165, 1.54) is 0 Å². The molecule has 0 atom stereocenters. The van der Waals surface area contributed by atoms with E-state index >= 15 is 0 Å². The van der Waals surface area contributed by atoms with Gasteiger partial charge in [-0.25, -0.2) is 13.2 Å². The van der Waals surface area contributed by atoms with Crippen LogP contribution in [-0.2, 0) is 6.54 Å². The highest BCUT2D eigenvalue weighted by Crippen LogP contribution is 2.17. The van der Waals surface area contributed by atoms with E-state index in [0.29, 0.717) is 18.7 Å². The summed E-state index contributed by atoms with van der Waals surface area (Å²) in [6.45, 7) is 5.95. The molecule has 110 valence electrons. The van der Waals surface area contributed by atoms with Gasteiger partial charge in [0.05, 0.1) is 0 Å². The maximum Gasteiger partial charge on any atom is 0.161 e. The number of halogens is 3.